The number of nitrogens with one attached hydrogen (secondary N) is 1. The Kier molecular flexibility index (Phi) is 3.42. The SMILES string of the molecule is Cc1ccc([N+](=O)[O-])cc1Sc1nccc(=O)[nH]1. The van der Waals surface area contributed by atoms with Gasteiger partial charge in [0.05, 0.1) is 4.92 Å². The summed E-state index contributed by atoms with van der Waals surface area (Å²) in [5, 5.41) is 11.1. The van der Waals surface area contributed by atoms with Gasteiger partial charge in [-0.25, -0.2) is 4.98 Å². The standard InChI is InChI=1S/C11H9N3O3S/c1-7-2-3-8(14(16)17)6-9(7)18-11-12-5-4-10(15)13-11/h2-6H,1H3,(H,12,13,15). The van der Waals surface area contributed by atoms with E-state index in [1.54, 1.807) is 6.07 Å². The zero-order chi connectivity index (χ0) is 13.1. The Bertz CT molecular complexity index is 654. The molecule has 6 nitrogen and oxygen atoms in total. The maximum Gasteiger partial charge on any atom is 0.270 e. The van der Waals surface area contributed by atoms with Gasteiger partial charge in [-0.3, -0.25) is 14.9 Å². The second-order valence-corrected chi connectivity index (χ2v) is 4.58. The third kappa shape index (κ3) is 2.75. The van der Waals surface area contributed by atoms with Gasteiger partial charge < -0.3 is 4.98 Å². The van der Waals surface area contributed by atoms with Gasteiger partial charge in [0.2, 0.25) is 0 Å². The summed E-state index contributed by atoms with van der Waals surface area (Å²) in [5.74, 6) is 0. The molecule has 0 amide bonds. The van der Waals surface area contributed by atoms with Crippen molar-refractivity contribution < 1.29 is 4.92 Å². The third-order valence-corrected chi connectivity index (χ3v) is 3.30. The van der Waals surface area contributed by atoms with E-state index in [1.165, 1.54) is 36.2 Å². The molecule has 1 aromatic carbocycles. The Morgan fingerprint density at radius 3 is 2.83 bits per heavy atom. The van der Waals surface area contributed by atoms with Gasteiger partial charge in [-0.05, 0) is 12.5 Å². The van der Waals surface area contributed by atoms with E-state index in [9.17, 15) is 14.9 Å². The smallest absolute Gasteiger partial charge is 0.270 e. The minimum atomic E-state index is -0.454. The van der Waals surface area contributed by atoms with E-state index in [1.807, 2.05) is 6.92 Å². The highest BCUT2D eigenvalue weighted by molar-refractivity contribution is 7.99. The molecule has 0 radical (unpaired) electrons. The van der Waals surface area contributed by atoms with Crippen LogP contribution in [0.4, 0.5) is 5.69 Å². The van der Waals surface area contributed by atoms with Crippen molar-refractivity contribution in [1.82, 2.24) is 9.97 Å². The molecular weight excluding hydrogens is 254 g/mol. The lowest BCUT2D eigenvalue weighted by Gasteiger charge is -2.04. The first kappa shape index (κ1) is 12.3. The molecule has 0 fully saturated rings. The van der Waals surface area contributed by atoms with Gasteiger partial charge >= 0.3 is 0 Å². The summed E-state index contributed by atoms with van der Waals surface area (Å²) in [6.45, 7) is 1.84. The highest BCUT2D eigenvalue weighted by Gasteiger charge is 2.10. The molecule has 0 saturated heterocycles. The van der Waals surface area contributed by atoms with Crippen LogP contribution < -0.4 is 5.56 Å². The molecule has 92 valence electrons. The van der Waals surface area contributed by atoms with Crippen LogP contribution in [0.5, 0.6) is 0 Å². The number of benzene rings is 1. The second-order valence-electron chi connectivity index (χ2n) is 3.55. The molecule has 0 aliphatic heterocycles. The Labute approximate surface area is 106 Å². The van der Waals surface area contributed by atoms with Gasteiger partial charge in [0.15, 0.2) is 5.16 Å². The molecule has 0 unspecified atom stereocenters. The topological polar surface area (TPSA) is 88.9 Å². The first-order valence-corrected chi connectivity index (χ1v) is 5.86. The van der Waals surface area contributed by atoms with E-state index in [-0.39, 0.29) is 11.2 Å². The van der Waals surface area contributed by atoms with E-state index >= 15 is 0 Å². The van der Waals surface area contributed by atoms with Crippen LogP contribution in [0.1, 0.15) is 5.56 Å². The molecule has 0 saturated carbocycles. The minimum absolute atomic E-state index is 0.0152. The van der Waals surface area contributed by atoms with Crippen LogP contribution in [0.15, 0.2) is 45.3 Å². The van der Waals surface area contributed by atoms with E-state index in [0.29, 0.717) is 10.1 Å². The number of aromatic amines is 1. The maximum atomic E-state index is 11.1. The van der Waals surface area contributed by atoms with Crippen molar-refractivity contribution in [3.63, 3.8) is 0 Å². The fraction of sp³-hybridized carbons (Fsp3) is 0.0909. The molecule has 0 aliphatic rings. The molecule has 7 heteroatoms. The number of nitro benzene ring substituents is 1. The number of nitrogens with zero attached hydrogens (tertiary/aromatic N) is 2. The van der Waals surface area contributed by atoms with Crippen LogP contribution in [-0.2, 0) is 0 Å². The quantitative estimate of drug-likeness (QED) is 0.520. The first-order chi connectivity index (χ1) is 8.56. The average Bonchev–Trinajstić information content (AvgIpc) is 2.31. The van der Waals surface area contributed by atoms with Crippen molar-refractivity contribution in [2.75, 3.05) is 0 Å². The molecule has 2 rings (SSSR count). The van der Waals surface area contributed by atoms with Crippen molar-refractivity contribution in [1.29, 1.82) is 0 Å². The summed E-state index contributed by atoms with van der Waals surface area (Å²) < 4.78 is 0. The third-order valence-electron chi connectivity index (χ3n) is 2.24. The first-order valence-electron chi connectivity index (χ1n) is 5.04. The molecule has 18 heavy (non-hydrogen) atoms. The van der Waals surface area contributed by atoms with Crippen LogP contribution >= 0.6 is 11.8 Å². The van der Waals surface area contributed by atoms with E-state index in [2.05, 4.69) is 9.97 Å². The summed E-state index contributed by atoms with van der Waals surface area (Å²) in [6, 6.07) is 5.89. The summed E-state index contributed by atoms with van der Waals surface area (Å²) in [4.78, 5) is 28.6. The van der Waals surface area contributed by atoms with E-state index in [0.717, 1.165) is 5.56 Å². The van der Waals surface area contributed by atoms with Crippen molar-refractivity contribution >= 4 is 17.4 Å². The fourth-order valence-corrected chi connectivity index (χ4v) is 2.20. The van der Waals surface area contributed by atoms with Crippen LogP contribution in [0.2, 0.25) is 0 Å². The van der Waals surface area contributed by atoms with Gasteiger partial charge in [-0.15, -0.1) is 0 Å². The number of H-pyrrole nitrogens is 1. The lowest BCUT2D eigenvalue weighted by atomic mass is 10.2. The highest BCUT2D eigenvalue weighted by Crippen LogP contribution is 2.30. The van der Waals surface area contributed by atoms with Gasteiger partial charge in [0.25, 0.3) is 11.2 Å². The monoisotopic (exact) mass is 263 g/mol. The van der Waals surface area contributed by atoms with Crippen LogP contribution in [-0.4, -0.2) is 14.9 Å². The fourth-order valence-electron chi connectivity index (χ4n) is 1.32. The summed E-state index contributed by atoms with van der Waals surface area (Å²) >= 11 is 1.19. The zero-order valence-corrected chi connectivity index (χ0v) is 10.2. The number of aromatic nitrogens is 2. The molecule has 0 bridgehead atoms. The number of hydrogen-bond acceptors (Lipinski definition) is 5. The van der Waals surface area contributed by atoms with Gasteiger partial charge in [0, 0.05) is 29.3 Å². The molecule has 0 atom stereocenters. The van der Waals surface area contributed by atoms with Gasteiger partial charge in [-0.2, -0.15) is 0 Å². The molecule has 0 spiro atoms. The molecular formula is C11H9N3O3S. The Hall–Kier alpha value is -2.15. The normalized spacial score (nSPS) is 10.3. The predicted molar refractivity (Wildman–Crippen MR) is 66.8 cm³/mol. The average molecular weight is 263 g/mol. The Balaban J connectivity index is 2.36. The predicted octanol–water partition coefficient (Wildman–Crippen LogP) is 2.14. The van der Waals surface area contributed by atoms with Crippen molar-refractivity contribution in [3.05, 3.63) is 56.5 Å². The number of non-ortho nitro benzene ring substituents is 1. The largest absolute Gasteiger partial charge is 0.301 e. The molecule has 2 aromatic rings. The van der Waals surface area contributed by atoms with Crippen molar-refractivity contribution in [3.8, 4) is 0 Å². The lowest BCUT2D eigenvalue weighted by Crippen LogP contribution is -2.05. The summed E-state index contributed by atoms with van der Waals surface area (Å²) in [7, 11) is 0. The Morgan fingerprint density at radius 2 is 2.17 bits per heavy atom. The summed E-state index contributed by atoms with van der Waals surface area (Å²) in [6.07, 6.45) is 1.40. The minimum Gasteiger partial charge on any atom is -0.301 e. The van der Waals surface area contributed by atoms with Crippen molar-refractivity contribution in [2.45, 2.75) is 17.0 Å². The molecule has 1 heterocycles. The van der Waals surface area contributed by atoms with Crippen LogP contribution in [0.3, 0.4) is 0 Å². The van der Waals surface area contributed by atoms with Gasteiger partial charge in [0.1, 0.15) is 0 Å². The van der Waals surface area contributed by atoms with Crippen LogP contribution in [0, 0.1) is 17.0 Å². The van der Waals surface area contributed by atoms with Crippen LogP contribution in [0.25, 0.3) is 0 Å². The van der Waals surface area contributed by atoms with Crippen molar-refractivity contribution in [2.24, 2.45) is 0 Å². The molecule has 1 N–H and O–H groups in total. The molecule has 1 aromatic heterocycles. The number of nitro groups is 1. The second kappa shape index (κ2) is 5.01. The zero-order valence-electron chi connectivity index (χ0n) is 9.41. The number of hydrogen-bond donors (Lipinski definition) is 1. The maximum absolute atomic E-state index is 11.1. The number of rotatable bonds is 3. The van der Waals surface area contributed by atoms with E-state index in [4.69, 9.17) is 0 Å². The van der Waals surface area contributed by atoms with E-state index < -0.39 is 4.92 Å². The highest BCUT2D eigenvalue weighted by atomic mass is 32.2. The Morgan fingerprint density at radius 1 is 1.39 bits per heavy atom. The number of aryl methyl sites for hydroxylation is 1. The molecule has 0 aliphatic carbocycles. The van der Waals surface area contributed by atoms with Gasteiger partial charge in [-0.1, -0.05) is 17.8 Å². The summed E-state index contributed by atoms with van der Waals surface area (Å²) in [5.41, 5.74) is 0.647. The lowest BCUT2D eigenvalue weighted by molar-refractivity contribution is -0.385.